The number of rotatable bonds is 3. The second-order valence-corrected chi connectivity index (χ2v) is 6.02. The number of likely N-dealkylation sites (tertiary alicyclic amines) is 1. The molecule has 2 fully saturated rings. The average Bonchev–Trinajstić information content (AvgIpc) is 2.84. The van der Waals surface area contributed by atoms with Crippen LogP contribution in [0.15, 0.2) is 0 Å². The maximum atomic E-state index is 12.5. The van der Waals surface area contributed by atoms with Crippen molar-refractivity contribution < 1.29 is 14.7 Å². The van der Waals surface area contributed by atoms with E-state index in [4.69, 9.17) is 0 Å². The number of carboxylic acids is 1. The normalized spacial score (nSPS) is 32.5. The highest BCUT2D eigenvalue weighted by atomic mass is 32.2. The van der Waals surface area contributed by atoms with Crippen LogP contribution in [-0.2, 0) is 9.59 Å². The predicted molar refractivity (Wildman–Crippen MR) is 70.7 cm³/mol. The number of hydrogen-bond donors (Lipinski definition) is 2. The van der Waals surface area contributed by atoms with E-state index in [2.05, 4.69) is 5.32 Å². The molecular formula is C12H20N2O3S. The van der Waals surface area contributed by atoms with E-state index >= 15 is 0 Å². The van der Waals surface area contributed by atoms with Gasteiger partial charge in [0.05, 0.1) is 6.04 Å². The molecule has 5 nitrogen and oxygen atoms in total. The Labute approximate surface area is 111 Å². The molecule has 2 saturated heterocycles. The number of amides is 1. The van der Waals surface area contributed by atoms with Gasteiger partial charge < -0.3 is 15.3 Å². The van der Waals surface area contributed by atoms with Crippen molar-refractivity contribution in [2.24, 2.45) is 0 Å². The summed E-state index contributed by atoms with van der Waals surface area (Å²) in [5.41, 5.74) is -0.971. The summed E-state index contributed by atoms with van der Waals surface area (Å²) in [7, 11) is 0. The van der Waals surface area contributed by atoms with E-state index in [0.29, 0.717) is 19.4 Å². The molecule has 0 aromatic heterocycles. The standard InChI is InChI=1S/C12H20N2O3S/c1-2-12(11(16)17)4-3-6-14(12)10(15)9-8-18-7-5-13-9/h9,13H,2-8H2,1H3,(H,16,17). The molecule has 0 radical (unpaired) electrons. The zero-order chi connectivity index (χ0) is 13.2. The second-order valence-electron chi connectivity index (χ2n) is 4.87. The minimum Gasteiger partial charge on any atom is -0.479 e. The smallest absolute Gasteiger partial charge is 0.329 e. The molecule has 0 aromatic rings. The quantitative estimate of drug-likeness (QED) is 0.785. The first kappa shape index (κ1) is 13.7. The Kier molecular flexibility index (Phi) is 4.17. The fraction of sp³-hybridized carbons (Fsp3) is 0.833. The first-order chi connectivity index (χ1) is 8.62. The van der Waals surface area contributed by atoms with E-state index in [-0.39, 0.29) is 11.9 Å². The fourth-order valence-corrected chi connectivity index (χ4v) is 3.78. The third kappa shape index (κ3) is 2.23. The van der Waals surface area contributed by atoms with Gasteiger partial charge >= 0.3 is 5.97 Å². The summed E-state index contributed by atoms with van der Waals surface area (Å²) in [6, 6.07) is -0.216. The Morgan fingerprint density at radius 1 is 1.56 bits per heavy atom. The van der Waals surface area contributed by atoms with Gasteiger partial charge in [0.1, 0.15) is 5.54 Å². The molecule has 2 heterocycles. The van der Waals surface area contributed by atoms with Gasteiger partial charge in [-0.2, -0.15) is 11.8 Å². The maximum Gasteiger partial charge on any atom is 0.329 e. The van der Waals surface area contributed by atoms with E-state index in [1.165, 1.54) is 0 Å². The van der Waals surface area contributed by atoms with Crippen LogP contribution in [-0.4, -0.2) is 58.1 Å². The molecule has 2 aliphatic rings. The van der Waals surface area contributed by atoms with Gasteiger partial charge in [0.25, 0.3) is 0 Å². The van der Waals surface area contributed by atoms with Crippen molar-refractivity contribution in [1.29, 1.82) is 0 Å². The van der Waals surface area contributed by atoms with Crippen LogP contribution in [0.5, 0.6) is 0 Å². The highest BCUT2D eigenvalue weighted by Gasteiger charge is 2.49. The van der Waals surface area contributed by atoms with E-state index in [0.717, 1.165) is 24.5 Å². The van der Waals surface area contributed by atoms with Crippen molar-refractivity contribution in [2.45, 2.75) is 37.8 Å². The molecule has 0 aliphatic carbocycles. The molecular weight excluding hydrogens is 252 g/mol. The molecule has 2 N–H and O–H groups in total. The van der Waals surface area contributed by atoms with Crippen LogP contribution in [0.3, 0.4) is 0 Å². The molecule has 0 bridgehead atoms. The number of hydrogen-bond acceptors (Lipinski definition) is 4. The lowest BCUT2D eigenvalue weighted by molar-refractivity contribution is -0.157. The molecule has 2 unspecified atom stereocenters. The third-order valence-corrected chi connectivity index (χ3v) is 5.02. The van der Waals surface area contributed by atoms with Crippen molar-refractivity contribution in [3.05, 3.63) is 0 Å². The minimum absolute atomic E-state index is 0.0380. The predicted octanol–water partition coefficient (Wildman–Crippen LogP) is 0.547. The minimum atomic E-state index is -0.971. The first-order valence-corrected chi connectivity index (χ1v) is 7.63. The van der Waals surface area contributed by atoms with Gasteiger partial charge in [-0.15, -0.1) is 0 Å². The largest absolute Gasteiger partial charge is 0.479 e. The third-order valence-electron chi connectivity index (χ3n) is 3.96. The summed E-state index contributed by atoms with van der Waals surface area (Å²) in [6.45, 7) is 3.24. The maximum absolute atomic E-state index is 12.5. The van der Waals surface area contributed by atoms with Crippen LogP contribution in [0.1, 0.15) is 26.2 Å². The van der Waals surface area contributed by atoms with Crippen molar-refractivity contribution in [3.8, 4) is 0 Å². The van der Waals surface area contributed by atoms with Crippen LogP contribution in [0.25, 0.3) is 0 Å². The zero-order valence-corrected chi connectivity index (χ0v) is 11.5. The summed E-state index contributed by atoms with van der Waals surface area (Å²) in [6.07, 6.45) is 1.84. The summed E-state index contributed by atoms with van der Waals surface area (Å²) in [4.78, 5) is 25.6. The van der Waals surface area contributed by atoms with Crippen molar-refractivity contribution >= 4 is 23.6 Å². The molecule has 0 saturated carbocycles. The zero-order valence-electron chi connectivity index (χ0n) is 10.6. The van der Waals surface area contributed by atoms with Gasteiger partial charge in [-0.25, -0.2) is 4.79 Å². The van der Waals surface area contributed by atoms with Gasteiger partial charge in [-0.3, -0.25) is 4.79 Å². The summed E-state index contributed by atoms with van der Waals surface area (Å²) >= 11 is 1.75. The summed E-state index contributed by atoms with van der Waals surface area (Å²) < 4.78 is 0. The van der Waals surface area contributed by atoms with Crippen molar-refractivity contribution in [2.75, 3.05) is 24.6 Å². The van der Waals surface area contributed by atoms with Crippen molar-refractivity contribution in [1.82, 2.24) is 10.2 Å². The first-order valence-electron chi connectivity index (χ1n) is 6.48. The number of aliphatic carboxylic acids is 1. The monoisotopic (exact) mass is 272 g/mol. The van der Waals surface area contributed by atoms with Crippen LogP contribution in [0.2, 0.25) is 0 Å². The molecule has 18 heavy (non-hydrogen) atoms. The Bertz CT molecular complexity index is 344. The van der Waals surface area contributed by atoms with E-state index in [9.17, 15) is 14.7 Å². The average molecular weight is 272 g/mol. The van der Waals surface area contributed by atoms with Crippen LogP contribution < -0.4 is 5.32 Å². The molecule has 2 atom stereocenters. The highest BCUT2D eigenvalue weighted by molar-refractivity contribution is 7.99. The lowest BCUT2D eigenvalue weighted by atomic mass is 9.92. The van der Waals surface area contributed by atoms with E-state index < -0.39 is 11.5 Å². The molecule has 2 aliphatic heterocycles. The van der Waals surface area contributed by atoms with Crippen LogP contribution >= 0.6 is 11.8 Å². The lowest BCUT2D eigenvalue weighted by Crippen LogP contribution is -2.59. The molecule has 6 heteroatoms. The van der Waals surface area contributed by atoms with Gasteiger partial charge in [0.2, 0.25) is 5.91 Å². The van der Waals surface area contributed by atoms with Gasteiger partial charge in [-0.05, 0) is 19.3 Å². The number of carbonyl (C=O) groups excluding carboxylic acids is 1. The lowest BCUT2D eigenvalue weighted by Gasteiger charge is -2.37. The Balaban J connectivity index is 2.15. The molecule has 1 amide bonds. The Morgan fingerprint density at radius 2 is 2.33 bits per heavy atom. The second kappa shape index (κ2) is 5.48. The van der Waals surface area contributed by atoms with Gasteiger partial charge in [0, 0.05) is 24.6 Å². The number of nitrogens with zero attached hydrogens (tertiary/aromatic N) is 1. The molecule has 0 aromatic carbocycles. The molecule has 2 rings (SSSR count). The summed E-state index contributed by atoms with van der Waals surface area (Å²) in [5.74, 6) is 0.861. The summed E-state index contributed by atoms with van der Waals surface area (Å²) in [5, 5.41) is 12.7. The number of thioether (sulfide) groups is 1. The Morgan fingerprint density at radius 3 is 2.89 bits per heavy atom. The van der Waals surface area contributed by atoms with Gasteiger partial charge in [0.15, 0.2) is 0 Å². The van der Waals surface area contributed by atoms with Gasteiger partial charge in [-0.1, -0.05) is 6.92 Å². The number of nitrogens with one attached hydrogen (secondary N) is 1. The van der Waals surface area contributed by atoms with Crippen molar-refractivity contribution in [3.63, 3.8) is 0 Å². The molecule has 102 valence electrons. The number of carboxylic acid groups (broad SMARTS) is 1. The SMILES string of the molecule is CCC1(C(=O)O)CCCN1C(=O)C1CSCCN1. The fourth-order valence-electron chi connectivity index (χ4n) is 2.85. The topological polar surface area (TPSA) is 69.6 Å². The Hall–Kier alpha value is -0.750. The van der Waals surface area contributed by atoms with E-state index in [1.807, 2.05) is 6.92 Å². The number of carbonyl (C=O) groups is 2. The molecule has 0 spiro atoms. The van der Waals surface area contributed by atoms with Crippen LogP contribution in [0, 0.1) is 0 Å². The highest BCUT2D eigenvalue weighted by Crippen LogP contribution is 2.33. The van der Waals surface area contributed by atoms with E-state index in [1.54, 1.807) is 16.7 Å². The van der Waals surface area contributed by atoms with Crippen LogP contribution in [0.4, 0.5) is 0 Å².